The second kappa shape index (κ2) is 13.7. The summed E-state index contributed by atoms with van der Waals surface area (Å²) < 4.78 is 44.9. The SMILES string of the molecule is Cc1ccc(S(=O)(=O)[C@@H]2[C@@H](N3CCCC3)[C@H](n3ccc(=O)[nH]c3=O)O[C@@H]2COC(c2ccccc2)(c2ccccc2)c2ccccc2)cc1. The number of hydrogen-bond acceptors (Lipinski definition) is 7. The highest BCUT2D eigenvalue weighted by Crippen LogP contribution is 2.44. The van der Waals surface area contributed by atoms with E-state index in [-0.39, 0.29) is 11.5 Å². The second-order valence-electron chi connectivity index (χ2n) is 12.7. The summed E-state index contributed by atoms with van der Waals surface area (Å²) in [7, 11) is -4.05. The first-order valence-corrected chi connectivity index (χ1v) is 18.2. The van der Waals surface area contributed by atoms with Crippen molar-refractivity contribution < 1.29 is 17.9 Å². The van der Waals surface area contributed by atoms with Gasteiger partial charge < -0.3 is 9.47 Å². The van der Waals surface area contributed by atoms with Crippen LogP contribution in [0.4, 0.5) is 0 Å². The van der Waals surface area contributed by atoms with Crippen molar-refractivity contribution in [1.29, 1.82) is 0 Å². The lowest BCUT2D eigenvalue weighted by molar-refractivity contribution is -0.0827. The van der Waals surface area contributed by atoms with Gasteiger partial charge in [-0.25, -0.2) is 13.2 Å². The second-order valence-corrected chi connectivity index (χ2v) is 14.8. The van der Waals surface area contributed by atoms with Gasteiger partial charge in [0.1, 0.15) is 17.0 Å². The zero-order valence-electron chi connectivity index (χ0n) is 27.2. The first-order chi connectivity index (χ1) is 23.8. The van der Waals surface area contributed by atoms with Crippen LogP contribution in [0.1, 0.15) is 41.3 Å². The highest BCUT2D eigenvalue weighted by Gasteiger charge is 2.56. The molecular formula is C39H39N3O6S. The van der Waals surface area contributed by atoms with Crippen LogP contribution in [0.15, 0.2) is 142 Å². The largest absolute Gasteiger partial charge is 0.358 e. The van der Waals surface area contributed by atoms with Gasteiger partial charge in [0.15, 0.2) is 16.1 Å². The van der Waals surface area contributed by atoms with Crippen LogP contribution in [0.25, 0.3) is 0 Å². The Balaban J connectivity index is 1.39. The molecule has 0 saturated carbocycles. The summed E-state index contributed by atoms with van der Waals surface area (Å²) in [5.74, 6) is 0. The fourth-order valence-electron chi connectivity index (χ4n) is 7.38. The van der Waals surface area contributed by atoms with Crippen LogP contribution >= 0.6 is 0 Å². The predicted octanol–water partition coefficient (Wildman–Crippen LogP) is 5.06. The summed E-state index contributed by atoms with van der Waals surface area (Å²) in [5.41, 5.74) is 1.21. The first-order valence-electron chi connectivity index (χ1n) is 16.6. The molecule has 252 valence electrons. The van der Waals surface area contributed by atoms with Crippen LogP contribution in [0, 0.1) is 6.92 Å². The molecule has 1 aromatic heterocycles. The number of H-pyrrole nitrogens is 1. The minimum Gasteiger partial charge on any atom is -0.358 e. The molecule has 2 aliphatic rings. The highest BCUT2D eigenvalue weighted by molar-refractivity contribution is 7.92. The number of sulfone groups is 1. The molecule has 9 nitrogen and oxygen atoms in total. The van der Waals surface area contributed by atoms with Crippen molar-refractivity contribution in [3.63, 3.8) is 0 Å². The monoisotopic (exact) mass is 677 g/mol. The van der Waals surface area contributed by atoms with Gasteiger partial charge in [0, 0.05) is 12.3 Å². The third-order valence-electron chi connectivity index (χ3n) is 9.71. The molecule has 10 heteroatoms. The molecule has 0 spiro atoms. The lowest BCUT2D eigenvalue weighted by Crippen LogP contribution is -2.51. The number of rotatable bonds is 10. The Kier molecular flexibility index (Phi) is 9.21. The van der Waals surface area contributed by atoms with Crippen LogP contribution in [0.2, 0.25) is 0 Å². The lowest BCUT2D eigenvalue weighted by atomic mass is 9.80. The maximum Gasteiger partial charge on any atom is 0.330 e. The lowest BCUT2D eigenvalue weighted by Gasteiger charge is -2.37. The molecule has 4 atom stereocenters. The van der Waals surface area contributed by atoms with Crippen LogP contribution < -0.4 is 11.2 Å². The zero-order valence-corrected chi connectivity index (χ0v) is 28.0. The van der Waals surface area contributed by atoms with E-state index in [1.54, 1.807) is 24.3 Å². The van der Waals surface area contributed by atoms with Gasteiger partial charge in [-0.3, -0.25) is 19.2 Å². The molecule has 2 fully saturated rings. The summed E-state index contributed by atoms with van der Waals surface area (Å²) in [4.78, 5) is 29.9. The molecular weight excluding hydrogens is 639 g/mol. The number of benzene rings is 4. The van der Waals surface area contributed by atoms with Gasteiger partial charge in [0.05, 0.1) is 17.5 Å². The molecule has 2 saturated heterocycles. The zero-order chi connectivity index (χ0) is 34.0. The topological polar surface area (TPSA) is 111 Å². The van der Waals surface area contributed by atoms with Crippen molar-refractivity contribution in [1.82, 2.24) is 14.5 Å². The van der Waals surface area contributed by atoms with Crippen LogP contribution in [0.5, 0.6) is 0 Å². The van der Waals surface area contributed by atoms with E-state index in [1.807, 2.05) is 97.9 Å². The predicted molar refractivity (Wildman–Crippen MR) is 187 cm³/mol. The Morgan fingerprint density at radius 1 is 0.776 bits per heavy atom. The van der Waals surface area contributed by atoms with Crippen LogP contribution in [0.3, 0.4) is 0 Å². The van der Waals surface area contributed by atoms with E-state index < -0.39 is 50.3 Å². The Morgan fingerprint density at radius 3 is 1.82 bits per heavy atom. The quantitative estimate of drug-likeness (QED) is 0.206. The number of hydrogen-bond donors (Lipinski definition) is 1. The number of nitrogens with zero attached hydrogens (tertiary/aromatic N) is 2. The van der Waals surface area contributed by atoms with Crippen molar-refractivity contribution in [3.05, 3.63) is 171 Å². The summed E-state index contributed by atoms with van der Waals surface area (Å²) in [5, 5.41) is -1.10. The fourth-order valence-corrected chi connectivity index (χ4v) is 9.43. The normalized spacial score (nSPS) is 21.6. The molecule has 4 aromatic carbocycles. The first kappa shape index (κ1) is 32.9. The number of aromatic nitrogens is 2. The van der Waals surface area contributed by atoms with Crippen molar-refractivity contribution in [2.75, 3.05) is 19.7 Å². The Morgan fingerprint density at radius 2 is 1.31 bits per heavy atom. The molecule has 0 bridgehead atoms. The minimum atomic E-state index is -4.05. The molecule has 0 aliphatic carbocycles. The van der Waals surface area contributed by atoms with Gasteiger partial charge in [-0.15, -0.1) is 0 Å². The number of nitrogens with one attached hydrogen (secondary N) is 1. The van der Waals surface area contributed by atoms with Crippen LogP contribution in [-0.4, -0.2) is 60.0 Å². The standard InChI is InChI=1S/C39H39N3O6S/c1-28-19-21-32(22-20-28)49(45,46)36-33(48-37(35(36)41-24-11-12-25-41)42-26-23-34(43)40-38(42)44)27-47-39(29-13-5-2-6-14-29,30-15-7-3-8-16-30)31-17-9-4-10-18-31/h2-10,13-23,26,33,35-37H,11-12,24-25,27H2,1H3,(H,40,43,44)/t33-,35-,36+,37-/m1/s1. The molecule has 2 aliphatic heterocycles. The summed E-state index contributed by atoms with van der Waals surface area (Å²) in [6.07, 6.45) is 1.18. The van der Waals surface area contributed by atoms with Gasteiger partial charge in [-0.05, 0) is 61.7 Å². The van der Waals surface area contributed by atoms with Gasteiger partial charge >= 0.3 is 5.69 Å². The summed E-state index contributed by atoms with van der Waals surface area (Å²) in [6, 6.07) is 37.0. The maximum atomic E-state index is 14.9. The molecule has 1 N–H and O–H groups in total. The smallest absolute Gasteiger partial charge is 0.330 e. The fraction of sp³-hybridized carbons (Fsp3) is 0.282. The maximum absolute atomic E-state index is 14.9. The van der Waals surface area contributed by atoms with Crippen molar-refractivity contribution in [2.24, 2.45) is 0 Å². The van der Waals surface area contributed by atoms with Crippen molar-refractivity contribution in [2.45, 2.75) is 53.9 Å². The Hall–Kier alpha value is -4.61. The molecule has 0 amide bonds. The highest BCUT2D eigenvalue weighted by atomic mass is 32.2. The third kappa shape index (κ3) is 6.21. The van der Waals surface area contributed by atoms with E-state index >= 15 is 0 Å². The van der Waals surface area contributed by atoms with Crippen LogP contribution in [-0.2, 0) is 24.9 Å². The number of aryl methyl sites for hydroxylation is 1. The summed E-state index contributed by atoms with van der Waals surface area (Å²) >= 11 is 0. The Bertz CT molecular complexity index is 2000. The number of aromatic amines is 1. The van der Waals surface area contributed by atoms with Gasteiger partial charge in [0.2, 0.25) is 0 Å². The van der Waals surface area contributed by atoms with E-state index in [1.165, 1.54) is 16.8 Å². The molecule has 0 radical (unpaired) electrons. The molecule has 5 aromatic rings. The van der Waals surface area contributed by atoms with Gasteiger partial charge in [-0.2, -0.15) is 0 Å². The van der Waals surface area contributed by atoms with E-state index in [9.17, 15) is 18.0 Å². The molecule has 49 heavy (non-hydrogen) atoms. The number of likely N-dealkylation sites (tertiary alicyclic amines) is 1. The third-order valence-corrected chi connectivity index (χ3v) is 11.9. The van der Waals surface area contributed by atoms with E-state index in [4.69, 9.17) is 9.47 Å². The van der Waals surface area contributed by atoms with Gasteiger partial charge in [-0.1, -0.05) is 109 Å². The van der Waals surface area contributed by atoms with Crippen molar-refractivity contribution in [3.8, 4) is 0 Å². The molecule has 7 rings (SSSR count). The summed E-state index contributed by atoms with van der Waals surface area (Å²) in [6.45, 7) is 3.09. The molecule has 3 heterocycles. The Labute approximate surface area is 285 Å². The van der Waals surface area contributed by atoms with E-state index in [2.05, 4.69) is 9.88 Å². The number of ether oxygens (including phenoxy) is 2. The van der Waals surface area contributed by atoms with Gasteiger partial charge in [0.25, 0.3) is 5.56 Å². The average molecular weight is 678 g/mol. The minimum absolute atomic E-state index is 0.118. The van der Waals surface area contributed by atoms with Crippen molar-refractivity contribution >= 4 is 9.84 Å². The van der Waals surface area contributed by atoms with E-state index in [0.717, 1.165) is 35.1 Å². The molecule has 0 unspecified atom stereocenters. The average Bonchev–Trinajstić information content (AvgIpc) is 3.79. The van der Waals surface area contributed by atoms with E-state index in [0.29, 0.717) is 13.1 Å².